The van der Waals surface area contributed by atoms with E-state index in [9.17, 15) is 35.5 Å². The minimum atomic E-state index is -5.71. The Hall–Kier alpha value is -3.57. The SMILES string of the molecule is CCc1ccc(OCc2c(C(=O)Nc3c(F)c(F)c(C(F)(F)F)c(F)c3F)noc2C)cc1. The standard InChI is InChI=1S/C21H15F7N2O3/c1-3-10-4-6-11(7-5-10)32-8-12-9(2)33-30-18(12)20(31)29-19-16(24)14(22)13(21(26,27)28)15(23)17(19)25/h4-7H,3,8H2,1-2H3,(H,29,31). The lowest BCUT2D eigenvalue weighted by atomic mass is 10.1. The number of aromatic nitrogens is 1. The summed E-state index contributed by atoms with van der Waals surface area (Å²) in [6.07, 6.45) is -4.91. The van der Waals surface area contributed by atoms with Crippen molar-refractivity contribution in [3.63, 3.8) is 0 Å². The zero-order valence-corrected chi connectivity index (χ0v) is 17.0. The summed E-state index contributed by atoms with van der Waals surface area (Å²) in [6, 6.07) is 6.95. The number of alkyl halides is 3. The predicted octanol–water partition coefficient (Wildman–Crippen LogP) is 5.95. The van der Waals surface area contributed by atoms with Crippen LogP contribution in [0.1, 0.15) is 39.9 Å². The Balaban J connectivity index is 1.87. The van der Waals surface area contributed by atoms with Crippen LogP contribution < -0.4 is 10.1 Å². The normalized spacial score (nSPS) is 11.5. The third kappa shape index (κ3) is 4.78. The Bertz CT molecular complexity index is 1160. The van der Waals surface area contributed by atoms with Crippen LogP contribution in [-0.4, -0.2) is 11.1 Å². The molecule has 3 rings (SSSR count). The van der Waals surface area contributed by atoms with E-state index in [0.717, 1.165) is 12.0 Å². The highest BCUT2D eigenvalue weighted by atomic mass is 19.4. The molecule has 0 saturated heterocycles. The Labute approximate surface area is 182 Å². The quantitative estimate of drug-likeness (QED) is 0.353. The number of aryl methyl sites for hydroxylation is 2. The summed E-state index contributed by atoms with van der Waals surface area (Å²) < 4.78 is 104. The van der Waals surface area contributed by atoms with Crippen LogP contribution in [0.15, 0.2) is 28.8 Å². The molecule has 0 saturated carbocycles. The van der Waals surface area contributed by atoms with Gasteiger partial charge in [-0.3, -0.25) is 4.79 Å². The van der Waals surface area contributed by atoms with Gasteiger partial charge in [0.1, 0.15) is 29.4 Å². The third-order valence-electron chi connectivity index (χ3n) is 4.70. The van der Waals surface area contributed by atoms with Crippen molar-refractivity contribution in [2.24, 2.45) is 0 Å². The van der Waals surface area contributed by atoms with Gasteiger partial charge in [0, 0.05) is 0 Å². The minimum Gasteiger partial charge on any atom is -0.489 e. The molecule has 0 aliphatic heterocycles. The summed E-state index contributed by atoms with van der Waals surface area (Å²) in [5.41, 5.74) is -3.96. The smallest absolute Gasteiger partial charge is 0.422 e. The average molecular weight is 476 g/mol. The molecule has 0 fully saturated rings. The van der Waals surface area contributed by atoms with E-state index in [0.29, 0.717) is 5.75 Å². The number of nitrogens with one attached hydrogen (secondary N) is 1. The van der Waals surface area contributed by atoms with Crippen LogP contribution in [-0.2, 0) is 19.2 Å². The number of benzene rings is 2. The summed E-state index contributed by atoms with van der Waals surface area (Å²) in [5.74, 6) is -11.1. The number of carbonyl (C=O) groups is 1. The molecule has 33 heavy (non-hydrogen) atoms. The number of ether oxygens (including phenoxy) is 1. The molecular weight excluding hydrogens is 461 g/mol. The highest BCUT2D eigenvalue weighted by Gasteiger charge is 2.42. The zero-order chi connectivity index (χ0) is 24.5. The zero-order valence-electron chi connectivity index (χ0n) is 17.0. The fourth-order valence-corrected chi connectivity index (χ4v) is 2.88. The maximum Gasteiger partial charge on any atom is 0.422 e. The Kier molecular flexibility index (Phi) is 6.65. The van der Waals surface area contributed by atoms with E-state index >= 15 is 0 Å². The molecule has 176 valence electrons. The summed E-state index contributed by atoms with van der Waals surface area (Å²) in [5, 5.41) is 4.94. The largest absolute Gasteiger partial charge is 0.489 e. The van der Waals surface area contributed by atoms with Gasteiger partial charge in [-0.15, -0.1) is 0 Å². The molecule has 0 spiro atoms. The van der Waals surface area contributed by atoms with E-state index in [1.54, 1.807) is 12.1 Å². The van der Waals surface area contributed by atoms with E-state index in [4.69, 9.17) is 9.26 Å². The van der Waals surface area contributed by atoms with Gasteiger partial charge in [-0.05, 0) is 31.0 Å². The van der Waals surface area contributed by atoms with Gasteiger partial charge in [0.05, 0.1) is 5.56 Å². The number of nitrogens with zero attached hydrogens (tertiary/aromatic N) is 1. The number of hydrogen-bond acceptors (Lipinski definition) is 4. The Morgan fingerprint density at radius 1 is 1.03 bits per heavy atom. The van der Waals surface area contributed by atoms with Crippen LogP contribution in [0.25, 0.3) is 0 Å². The van der Waals surface area contributed by atoms with E-state index in [1.165, 1.54) is 12.2 Å². The first-order valence-corrected chi connectivity index (χ1v) is 9.37. The van der Waals surface area contributed by atoms with E-state index in [2.05, 4.69) is 5.16 Å². The van der Waals surface area contributed by atoms with Crippen LogP contribution >= 0.6 is 0 Å². The highest BCUT2D eigenvalue weighted by molar-refractivity contribution is 6.04. The van der Waals surface area contributed by atoms with Crippen molar-refractivity contribution in [1.82, 2.24) is 5.16 Å². The average Bonchev–Trinajstić information content (AvgIpc) is 3.13. The molecule has 1 heterocycles. The lowest BCUT2D eigenvalue weighted by Gasteiger charge is -2.14. The Morgan fingerprint density at radius 3 is 2.12 bits per heavy atom. The molecule has 0 aliphatic carbocycles. The number of hydrogen-bond donors (Lipinski definition) is 1. The molecule has 1 amide bonds. The van der Waals surface area contributed by atoms with Crippen molar-refractivity contribution in [3.05, 3.63) is 75.7 Å². The van der Waals surface area contributed by atoms with Crippen molar-refractivity contribution in [2.75, 3.05) is 5.32 Å². The molecule has 1 aromatic heterocycles. The van der Waals surface area contributed by atoms with Gasteiger partial charge >= 0.3 is 6.18 Å². The fourth-order valence-electron chi connectivity index (χ4n) is 2.88. The van der Waals surface area contributed by atoms with Crippen LogP contribution in [0.5, 0.6) is 5.75 Å². The van der Waals surface area contributed by atoms with Gasteiger partial charge in [-0.2, -0.15) is 13.2 Å². The minimum absolute atomic E-state index is 0.0424. The second-order valence-electron chi connectivity index (χ2n) is 6.81. The van der Waals surface area contributed by atoms with Crippen LogP contribution in [0.3, 0.4) is 0 Å². The maximum atomic E-state index is 14.1. The Morgan fingerprint density at radius 2 is 1.61 bits per heavy atom. The van der Waals surface area contributed by atoms with Crippen molar-refractivity contribution >= 4 is 11.6 Å². The van der Waals surface area contributed by atoms with Crippen molar-refractivity contribution in [1.29, 1.82) is 0 Å². The first kappa shape index (κ1) is 24.1. The van der Waals surface area contributed by atoms with Gasteiger partial charge in [-0.1, -0.05) is 24.2 Å². The van der Waals surface area contributed by atoms with Gasteiger partial charge < -0.3 is 14.6 Å². The lowest BCUT2D eigenvalue weighted by Crippen LogP contribution is -2.21. The third-order valence-corrected chi connectivity index (χ3v) is 4.70. The molecule has 12 heteroatoms. The molecular formula is C21H15F7N2O3. The highest BCUT2D eigenvalue weighted by Crippen LogP contribution is 2.38. The van der Waals surface area contributed by atoms with Crippen molar-refractivity contribution < 1.29 is 44.8 Å². The first-order chi connectivity index (χ1) is 15.5. The topological polar surface area (TPSA) is 64.4 Å². The summed E-state index contributed by atoms with van der Waals surface area (Å²) in [4.78, 5) is 12.5. The number of rotatable bonds is 6. The van der Waals surface area contributed by atoms with Gasteiger partial charge in [0.2, 0.25) is 0 Å². The molecule has 0 unspecified atom stereocenters. The number of carbonyl (C=O) groups excluding carboxylic acids is 1. The summed E-state index contributed by atoms with van der Waals surface area (Å²) >= 11 is 0. The molecule has 3 aromatic rings. The van der Waals surface area contributed by atoms with Gasteiger partial charge in [0.25, 0.3) is 5.91 Å². The van der Waals surface area contributed by atoms with Crippen LogP contribution in [0, 0.1) is 30.2 Å². The molecule has 1 N–H and O–H groups in total. The van der Waals surface area contributed by atoms with Crippen molar-refractivity contribution in [3.8, 4) is 5.75 Å². The molecule has 0 radical (unpaired) electrons. The molecule has 2 aromatic carbocycles. The van der Waals surface area contributed by atoms with Crippen LogP contribution in [0.2, 0.25) is 0 Å². The van der Waals surface area contributed by atoms with E-state index in [-0.39, 0.29) is 17.9 Å². The number of amides is 1. The lowest BCUT2D eigenvalue weighted by molar-refractivity contribution is -0.143. The molecule has 0 atom stereocenters. The van der Waals surface area contributed by atoms with E-state index < -0.39 is 52.3 Å². The monoisotopic (exact) mass is 476 g/mol. The second kappa shape index (κ2) is 9.12. The fraction of sp³-hybridized carbons (Fsp3) is 0.238. The number of anilines is 1. The van der Waals surface area contributed by atoms with Crippen LogP contribution in [0.4, 0.5) is 36.4 Å². The van der Waals surface area contributed by atoms with Gasteiger partial charge in [-0.25, -0.2) is 17.6 Å². The summed E-state index contributed by atoms with van der Waals surface area (Å²) in [6.45, 7) is 3.09. The second-order valence-corrected chi connectivity index (χ2v) is 6.81. The molecule has 0 aliphatic rings. The number of halogens is 7. The summed E-state index contributed by atoms with van der Waals surface area (Å²) in [7, 11) is 0. The first-order valence-electron chi connectivity index (χ1n) is 9.37. The van der Waals surface area contributed by atoms with E-state index in [1.807, 2.05) is 19.1 Å². The molecule has 5 nitrogen and oxygen atoms in total. The maximum absolute atomic E-state index is 14.1. The van der Waals surface area contributed by atoms with Crippen molar-refractivity contribution in [2.45, 2.75) is 33.1 Å². The van der Waals surface area contributed by atoms with Gasteiger partial charge in [0.15, 0.2) is 29.0 Å². The predicted molar refractivity (Wildman–Crippen MR) is 101 cm³/mol. The molecule has 0 bridgehead atoms.